The van der Waals surface area contributed by atoms with Crippen LogP contribution in [0.1, 0.15) is 325 Å². The number of carbonyl (C=O) groups is 7. The molecule has 0 saturated heterocycles. The highest BCUT2D eigenvalue weighted by atomic mass is 16.5. The van der Waals surface area contributed by atoms with Crippen molar-refractivity contribution < 1.29 is 72.9 Å². The number of hydrogen-bond donors (Lipinski definition) is 5. The Bertz CT molecular complexity index is 5130. The molecule has 138 heavy (non-hydrogen) atoms. The lowest BCUT2D eigenvalue weighted by Crippen LogP contribution is -2.56. The number of nitrogens with one attached hydrogen (secondary N) is 1. The Balaban J connectivity index is 0.000000127. The number of ether oxygens (including phenoxy) is 4. The van der Waals surface area contributed by atoms with Crippen LogP contribution in [0.5, 0.6) is 0 Å². The molecule has 4 heterocycles. The second kappa shape index (κ2) is 39.3. The van der Waals surface area contributed by atoms with Crippen molar-refractivity contribution in [2.45, 2.75) is 342 Å². The Hall–Kier alpha value is -6.70. The molecule has 0 spiro atoms. The fourth-order valence-electron chi connectivity index (χ4n) is 36.8. The van der Waals surface area contributed by atoms with Gasteiger partial charge in [-0.3, -0.25) is 52.2 Å². The van der Waals surface area contributed by atoms with E-state index in [4.69, 9.17) is 25.5 Å². The van der Waals surface area contributed by atoms with Crippen LogP contribution in [-0.4, -0.2) is 203 Å². The second-order valence-corrected chi connectivity index (χ2v) is 50.7. The van der Waals surface area contributed by atoms with E-state index in [9.17, 15) is 54.0 Å². The fraction of sp³-hybridized carbons (Fsp3) is 0.821. The van der Waals surface area contributed by atoms with E-state index in [1.54, 1.807) is 112 Å². The largest absolute Gasteiger partial charge is 0.397 e. The summed E-state index contributed by atoms with van der Waals surface area (Å²) < 4.78 is 28.1. The lowest BCUT2D eigenvalue weighted by Gasteiger charge is -2.62. The number of aliphatic hydroxyl groups is 4. The molecule has 16 saturated carbocycles. The SMILES string of the molecule is CNC(=O)c1cnn(CC(=O)[C@H]2CC[C@H]3[C@@H]4CC[C@H]5C[C@@](O)(COC)CC[C@]5(C)[C@H]4CC[C@]23C)c1.COC[C@@]1(O)CC[C@@]2(C)[C@@H](CC[C@@H]3[C@@H]2CC[C@]2(C)[C@@H](C(=O)Cn4cc(C(=O)N(C)C)cn4)CC[C@@H]32)C1.COC[C@@]1(O)CC[C@@]2(C)[C@@H](CC[C@@H]3[C@@H]2CC[C@]2(C)[C@@H](C(=O)Cn4cc(C(C)=O)cn4)CC[C@@H]32)C1.[C-]#[N+]c1nccn1CC(=O)[C@H]1CC[C@H]2[C@@H]3CC[C@H]4C[C@@](O)(COC)CC[C@]4(C)[C@H]3CC[C@]12C. The predicted molar refractivity (Wildman–Crippen MR) is 525 cm³/mol. The minimum absolute atomic E-state index is 0.0163. The number of rotatable bonds is 23. The number of fused-ring (bicyclic) bond motifs is 20. The molecule has 2 amide bonds. The summed E-state index contributed by atoms with van der Waals surface area (Å²) in [5, 5.41) is 59.8. The van der Waals surface area contributed by atoms with Gasteiger partial charge in [0.1, 0.15) is 12.7 Å². The lowest BCUT2D eigenvalue weighted by molar-refractivity contribution is -0.164. The third kappa shape index (κ3) is 18.6. The fourth-order valence-corrected chi connectivity index (χ4v) is 36.8. The zero-order chi connectivity index (χ0) is 98.6. The van der Waals surface area contributed by atoms with Crippen molar-refractivity contribution in [1.82, 2.24) is 49.1 Å². The number of aromatic nitrogens is 8. The molecule has 4 aromatic heterocycles. The highest BCUT2D eigenvalue weighted by Gasteiger charge is 2.68. The highest BCUT2D eigenvalue weighted by Crippen LogP contribution is 2.74. The number of nitrogens with zero attached hydrogens (tertiary/aromatic N) is 10. The van der Waals surface area contributed by atoms with Gasteiger partial charge in [0.05, 0.1) is 110 Å². The molecule has 20 rings (SSSR count). The average molecular weight is 1910 g/mol. The maximum atomic E-state index is 13.6. The van der Waals surface area contributed by atoms with Crippen molar-refractivity contribution in [1.29, 1.82) is 0 Å². The van der Waals surface area contributed by atoms with Crippen LogP contribution in [0.15, 0.2) is 49.6 Å². The van der Waals surface area contributed by atoms with Gasteiger partial charge in [0.15, 0.2) is 28.9 Å². The van der Waals surface area contributed by atoms with Gasteiger partial charge in [-0.1, -0.05) is 55.4 Å². The Morgan fingerprint density at radius 3 is 0.957 bits per heavy atom. The smallest absolute Gasteiger partial charge is 0.338 e. The molecule has 16 aliphatic carbocycles. The Kier molecular flexibility index (Phi) is 29.3. The normalized spacial score (nSPS) is 43.1. The minimum Gasteiger partial charge on any atom is -0.397 e. The van der Waals surface area contributed by atoms with Gasteiger partial charge in [-0.15, -0.1) is 6.57 Å². The van der Waals surface area contributed by atoms with E-state index in [1.165, 1.54) is 95.1 Å². The van der Waals surface area contributed by atoms with Crippen LogP contribution in [0.4, 0.5) is 5.95 Å². The van der Waals surface area contributed by atoms with Gasteiger partial charge in [0.25, 0.3) is 11.8 Å². The molecule has 16 fully saturated rings. The Labute approximate surface area is 821 Å². The van der Waals surface area contributed by atoms with E-state index in [0.717, 1.165) is 154 Å². The van der Waals surface area contributed by atoms with E-state index >= 15 is 0 Å². The molecule has 5 N–H and O–H groups in total. The topological polar surface area (TPSA) is 328 Å². The summed E-state index contributed by atoms with van der Waals surface area (Å²) in [6.07, 6.45) is 51.8. The van der Waals surface area contributed by atoms with Crippen LogP contribution in [0, 0.1) is 168 Å². The standard InChI is InChI=1S/C29H45N3O4.C28H43N3O4.C28H42N2O4.C27H39N3O3/c1-27-12-13-29(35,18-36-5)14-20(27)6-7-21-22-8-9-24(28(22,2)11-10-23(21)27)25(33)17-32-16-19(15-30-32)26(34)31(3)4;1-26-11-12-28(34,17-35-4)13-19(26)5-6-20-21-7-8-23(27(21,2)10-9-22(20)26)24(32)16-31-15-18(14-30-31)25(33)29-3;1-18(31)19-14-29-30(15-19)16-25(32)24-8-7-22-21-6-5-20-13-28(33,17-34-4)12-11-26(20,2)23(21)9-10-27(22,24)3;1-25-11-12-27(32,17-33-4)15-18(25)5-6-19-20-7-8-22(26(20,2)10-9-21(19)25)23(31)16-30-14-13-29-24(30)28-3/h15-16,20-24,35H,6-14,17-18H2,1-5H3;14-15,19-23,34H,5-13,16-17H2,1-4H3,(H,29,33);14-15,20-24,33H,5-13,16-17H2,1-4H3;13-14,18-22,32H,5-12,15-17H2,1-2,4H3/t20-,21-,22-,23-,24+,27-,28-,29+;19-,20-,21-,22-,23+,26-,27-,28+;20-,21-,22-,23-,24+,26-,27-,28+;18-,19-,20-,21-,22+,25-,26-,27+/m0000/s1. The molecule has 0 radical (unpaired) electrons. The maximum Gasteiger partial charge on any atom is 0.338 e. The molecule has 16 aliphatic rings. The molecule has 26 nitrogen and oxygen atoms in total. The van der Waals surface area contributed by atoms with Crippen LogP contribution in [0.2, 0.25) is 0 Å². The summed E-state index contributed by atoms with van der Waals surface area (Å²) in [6.45, 7) is 31.2. The zero-order valence-corrected chi connectivity index (χ0v) is 86.5. The van der Waals surface area contributed by atoms with Crippen molar-refractivity contribution in [3.63, 3.8) is 0 Å². The van der Waals surface area contributed by atoms with Crippen molar-refractivity contribution >= 4 is 46.7 Å². The zero-order valence-electron chi connectivity index (χ0n) is 86.5. The Morgan fingerprint density at radius 2 is 0.674 bits per heavy atom. The highest BCUT2D eigenvalue weighted by molar-refractivity contribution is 5.95. The summed E-state index contributed by atoms with van der Waals surface area (Å²) in [7, 11) is 11.8. The number of hydrogen-bond acceptors (Lipinski definition) is 19. The number of amides is 2. The average Bonchev–Trinajstić information content (AvgIpc) is 1.49. The van der Waals surface area contributed by atoms with Crippen LogP contribution in [0.3, 0.4) is 0 Å². The molecule has 762 valence electrons. The number of methoxy groups -OCH3 is 4. The summed E-state index contributed by atoms with van der Waals surface area (Å²) in [5.41, 5.74) is 0.385. The Morgan fingerprint density at radius 1 is 0.391 bits per heavy atom. The number of carbonyl (C=O) groups excluding carboxylic acids is 7. The van der Waals surface area contributed by atoms with E-state index in [1.807, 2.05) is 0 Å². The number of imidazole rings is 1. The molecular formula is C112H169N11O15. The number of Topliss-reactive ketones (excluding diaryl/α,β-unsaturated/α-hetero) is 5. The van der Waals surface area contributed by atoms with Gasteiger partial charge >= 0.3 is 5.95 Å². The summed E-state index contributed by atoms with van der Waals surface area (Å²) in [4.78, 5) is 98.7. The van der Waals surface area contributed by atoms with Crippen LogP contribution in [-0.2, 0) is 64.3 Å². The summed E-state index contributed by atoms with van der Waals surface area (Å²) in [6, 6.07) is 0. The van der Waals surface area contributed by atoms with Gasteiger partial charge in [-0.2, -0.15) is 20.3 Å². The van der Waals surface area contributed by atoms with Crippen LogP contribution >= 0.6 is 0 Å². The first-order chi connectivity index (χ1) is 65.5. The van der Waals surface area contributed by atoms with Gasteiger partial charge < -0.3 is 54.4 Å². The van der Waals surface area contributed by atoms with Gasteiger partial charge in [-0.25, -0.2) is 0 Å². The first-order valence-electron chi connectivity index (χ1n) is 53.8. The van der Waals surface area contributed by atoms with Crippen molar-refractivity contribution in [2.75, 3.05) is 76.0 Å². The van der Waals surface area contributed by atoms with Gasteiger partial charge in [0, 0.05) is 91.8 Å². The lowest BCUT2D eigenvalue weighted by atomic mass is 9.44. The van der Waals surface area contributed by atoms with Gasteiger partial charge in [0.2, 0.25) is 0 Å². The second-order valence-electron chi connectivity index (χ2n) is 50.7. The third-order valence-corrected chi connectivity index (χ3v) is 44.0. The van der Waals surface area contributed by atoms with Crippen molar-refractivity contribution in [2.24, 2.45) is 162 Å². The first-order valence-corrected chi connectivity index (χ1v) is 53.8. The van der Waals surface area contributed by atoms with E-state index in [2.05, 4.69) is 85.8 Å². The van der Waals surface area contributed by atoms with E-state index < -0.39 is 22.4 Å². The van der Waals surface area contributed by atoms with Crippen LogP contribution in [0.25, 0.3) is 4.85 Å². The summed E-state index contributed by atoms with van der Waals surface area (Å²) in [5.74, 6) is 11.7. The number of ketones is 5. The minimum atomic E-state index is -0.663. The molecule has 0 aromatic carbocycles. The molecular weight excluding hydrogens is 1740 g/mol. The molecule has 4 aromatic rings. The first kappa shape index (κ1) is 103. The molecule has 0 bridgehead atoms. The predicted octanol–water partition coefficient (Wildman–Crippen LogP) is 17.8. The van der Waals surface area contributed by atoms with Crippen LogP contribution < -0.4 is 5.32 Å². The monoisotopic (exact) mass is 1910 g/mol. The van der Waals surface area contributed by atoms with E-state index in [-0.39, 0.29) is 123 Å². The summed E-state index contributed by atoms with van der Waals surface area (Å²) >= 11 is 0. The molecule has 0 unspecified atom stereocenters. The van der Waals surface area contributed by atoms with E-state index in [0.29, 0.717) is 155 Å². The van der Waals surface area contributed by atoms with Crippen molar-refractivity contribution in [3.8, 4) is 0 Å². The molecule has 26 heteroatoms. The van der Waals surface area contributed by atoms with Crippen molar-refractivity contribution in [3.05, 3.63) is 77.7 Å². The third-order valence-electron chi connectivity index (χ3n) is 44.0. The molecule has 0 aliphatic heterocycles. The quantitative estimate of drug-likeness (QED) is 0.0340. The maximum absolute atomic E-state index is 13.6. The van der Waals surface area contributed by atoms with Gasteiger partial charge in [-0.05, 0) is 376 Å². The molecule has 32 atom stereocenters.